The lowest BCUT2D eigenvalue weighted by Crippen LogP contribution is -2.54. The molecule has 1 aliphatic carbocycles. The Morgan fingerprint density at radius 3 is 2.26 bits per heavy atom. The van der Waals surface area contributed by atoms with Gasteiger partial charge in [-0.1, -0.05) is 48.5 Å². The maximum Gasteiger partial charge on any atom is 0.408 e. The number of aliphatic carboxylic acids is 1. The number of nitrogens with zero attached hydrogens (tertiary/aromatic N) is 1. The Kier molecular flexibility index (Phi) is 7.33. The van der Waals surface area contributed by atoms with Crippen LogP contribution in [0.25, 0.3) is 11.1 Å². The van der Waals surface area contributed by atoms with Gasteiger partial charge in [0.2, 0.25) is 6.04 Å². The highest BCUT2D eigenvalue weighted by Gasteiger charge is 2.39. The van der Waals surface area contributed by atoms with Crippen LogP contribution < -0.4 is 5.32 Å². The molecule has 1 heterocycles. The molecule has 0 bridgehead atoms. The third-order valence-electron chi connectivity index (χ3n) is 6.45. The SMILES string of the molecule is CCOC(=O)C(NC(=O)OCC1c2ccccc2-c2ccccc21)C(=O)N1CCCC1CC(=O)O. The minimum Gasteiger partial charge on any atom is -0.481 e. The van der Waals surface area contributed by atoms with Gasteiger partial charge in [0.1, 0.15) is 6.61 Å². The number of rotatable bonds is 8. The summed E-state index contributed by atoms with van der Waals surface area (Å²) >= 11 is 0. The van der Waals surface area contributed by atoms with Crippen molar-refractivity contribution in [2.45, 2.75) is 44.2 Å². The summed E-state index contributed by atoms with van der Waals surface area (Å²) in [5, 5.41) is 11.5. The number of alkyl carbamates (subject to hydrolysis) is 1. The Morgan fingerprint density at radius 2 is 1.66 bits per heavy atom. The van der Waals surface area contributed by atoms with E-state index in [1.54, 1.807) is 6.92 Å². The molecule has 2 N–H and O–H groups in total. The topological polar surface area (TPSA) is 122 Å². The van der Waals surface area contributed by atoms with Crippen molar-refractivity contribution >= 4 is 23.9 Å². The van der Waals surface area contributed by atoms with Gasteiger partial charge in [-0.25, -0.2) is 9.59 Å². The van der Waals surface area contributed by atoms with Gasteiger partial charge in [0.15, 0.2) is 0 Å². The number of carbonyl (C=O) groups is 4. The number of esters is 1. The minimum absolute atomic E-state index is 0.0214. The van der Waals surface area contributed by atoms with Crippen LogP contribution in [0.4, 0.5) is 4.79 Å². The molecule has 0 radical (unpaired) electrons. The first-order valence-corrected chi connectivity index (χ1v) is 11.7. The molecule has 1 aliphatic heterocycles. The molecular weight excluding hydrogens is 452 g/mol. The van der Waals surface area contributed by atoms with Crippen LogP contribution in [-0.2, 0) is 23.9 Å². The van der Waals surface area contributed by atoms with Crippen molar-refractivity contribution in [3.05, 3.63) is 59.7 Å². The molecule has 9 nitrogen and oxygen atoms in total. The van der Waals surface area contributed by atoms with Gasteiger partial charge in [0.25, 0.3) is 5.91 Å². The maximum absolute atomic E-state index is 13.1. The lowest BCUT2D eigenvalue weighted by molar-refractivity contribution is -0.152. The third-order valence-corrected chi connectivity index (χ3v) is 6.45. The van der Waals surface area contributed by atoms with E-state index in [1.807, 2.05) is 48.5 Å². The molecule has 2 aromatic rings. The van der Waals surface area contributed by atoms with Crippen molar-refractivity contribution in [2.75, 3.05) is 19.8 Å². The van der Waals surface area contributed by atoms with Gasteiger partial charge in [-0.05, 0) is 42.0 Å². The van der Waals surface area contributed by atoms with E-state index in [9.17, 15) is 19.2 Å². The normalized spacial score (nSPS) is 17.3. The first-order chi connectivity index (χ1) is 16.9. The Hall–Kier alpha value is -3.88. The number of hydrogen-bond acceptors (Lipinski definition) is 6. The van der Waals surface area contributed by atoms with E-state index < -0.39 is 36.0 Å². The number of hydrogen-bond donors (Lipinski definition) is 2. The minimum atomic E-state index is -1.61. The number of carbonyl (C=O) groups excluding carboxylic acids is 3. The summed E-state index contributed by atoms with van der Waals surface area (Å²) < 4.78 is 10.5. The first kappa shape index (κ1) is 24.3. The van der Waals surface area contributed by atoms with Crippen LogP contribution >= 0.6 is 0 Å². The van der Waals surface area contributed by atoms with E-state index in [0.717, 1.165) is 22.3 Å². The molecule has 2 amide bonds. The molecule has 1 fully saturated rings. The molecular formula is C26H28N2O7. The Morgan fingerprint density at radius 1 is 1.03 bits per heavy atom. The molecule has 9 heteroatoms. The fourth-order valence-corrected chi connectivity index (χ4v) is 4.91. The summed E-state index contributed by atoms with van der Waals surface area (Å²) in [5.74, 6) is -2.82. The predicted molar refractivity (Wildman–Crippen MR) is 126 cm³/mol. The molecule has 2 aromatic carbocycles. The monoisotopic (exact) mass is 480 g/mol. The van der Waals surface area contributed by atoms with E-state index >= 15 is 0 Å². The van der Waals surface area contributed by atoms with Gasteiger partial charge in [-0.2, -0.15) is 0 Å². The van der Waals surface area contributed by atoms with Gasteiger partial charge in [-0.3, -0.25) is 14.9 Å². The molecule has 0 saturated carbocycles. The molecule has 0 aromatic heterocycles. The zero-order valence-corrected chi connectivity index (χ0v) is 19.4. The zero-order valence-electron chi connectivity index (χ0n) is 19.4. The van der Waals surface area contributed by atoms with E-state index in [1.165, 1.54) is 4.90 Å². The number of carboxylic acid groups (broad SMARTS) is 1. The highest BCUT2D eigenvalue weighted by Crippen LogP contribution is 2.44. The van der Waals surface area contributed by atoms with Crippen molar-refractivity contribution in [1.82, 2.24) is 10.2 Å². The van der Waals surface area contributed by atoms with Gasteiger partial charge >= 0.3 is 18.0 Å². The number of likely N-dealkylation sites (tertiary alicyclic amines) is 1. The fraction of sp³-hybridized carbons (Fsp3) is 0.385. The molecule has 4 rings (SSSR count). The summed E-state index contributed by atoms with van der Waals surface area (Å²) in [6.45, 7) is 1.94. The molecule has 1 saturated heterocycles. The highest BCUT2D eigenvalue weighted by atomic mass is 16.6. The number of nitrogens with one attached hydrogen (secondary N) is 1. The molecule has 184 valence electrons. The van der Waals surface area contributed by atoms with Crippen LogP contribution in [0, 0.1) is 0 Å². The van der Waals surface area contributed by atoms with Gasteiger partial charge in [0.05, 0.1) is 13.0 Å². The molecule has 2 atom stereocenters. The van der Waals surface area contributed by atoms with Crippen LogP contribution in [0.5, 0.6) is 0 Å². The number of amides is 2. The second-order valence-corrected chi connectivity index (χ2v) is 8.58. The van der Waals surface area contributed by atoms with Crippen LogP contribution in [-0.4, -0.2) is 65.8 Å². The van der Waals surface area contributed by atoms with Gasteiger partial charge in [-0.15, -0.1) is 0 Å². The molecule has 2 aliphatic rings. The van der Waals surface area contributed by atoms with E-state index in [-0.39, 0.29) is 25.6 Å². The van der Waals surface area contributed by atoms with Crippen molar-refractivity contribution in [3.63, 3.8) is 0 Å². The summed E-state index contributed by atoms with van der Waals surface area (Å²) in [7, 11) is 0. The van der Waals surface area contributed by atoms with Crippen molar-refractivity contribution in [1.29, 1.82) is 0 Å². The number of carboxylic acids is 1. The summed E-state index contributed by atoms with van der Waals surface area (Å²) in [6.07, 6.45) is -0.0261. The highest BCUT2D eigenvalue weighted by molar-refractivity contribution is 6.04. The number of ether oxygens (including phenoxy) is 2. The lowest BCUT2D eigenvalue weighted by Gasteiger charge is -2.27. The van der Waals surface area contributed by atoms with Crippen LogP contribution in [0.1, 0.15) is 43.2 Å². The standard InChI is InChI=1S/C26H28N2O7/c1-2-34-25(32)23(24(31)28-13-7-8-16(28)14-22(29)30)27-26(33)35-15-21-19-11-5-3-9-17(19)18-10-4-6-12-20(18)21/h3-6,9-12,16,21,23H,2,7-8,13-15H2,1H3,(H,27,33)(H,29,30). The largest absolute Gasteiger partial charge is 0.481 e. The number of benzene rings is 2. The summed E-state index contributed by atoms with van der Waals surface area (Å²) in [5.41, 5.74) is 4.23. The van der Waals surface area contributed by atoms with E-state index in [0.29, 0.717) is 19.4 Å². The van der Waals surface area contributed by atoms with Crippen molar-refractivity contribution < 1.29 is 33.8 Å². The van der Waals surface area contributed by atoms with Gasteiger partial charge < -0.3 is 19.5 Å². The second kappa shape index (κ2) is 10.6. The van der Waals surface area contributed by atoms with Crippen LogP contribution in [0.2, 0.25) is 0 Å². The molecule has 35 heavy (non-hydrogen) atoms. The average Bonchev–Trinajstić information content (AvgIpc) is 3.43. The quantitative estimate of drug-likeness (QED) is 0.440. The van der Waals surface area contributed by atoms with Crippen molar-refractivity contribution in [3.8, 4) is 11.1 Å². The summed E-state index contributed by atoms with van der Waals surface area (Å²) in [6, 6.07) is 13.6. The summed E-state index contributed by atoms with van der Waals surface area (Å²) in [4.78, 5) is 50.9. The van der Waals surface area contributed by atoms with Crippen LogP contribution in [0.15, 0.2) is 48.5 Å². The number of fused-ring (bicyclic) bond motifs is 3. The fourth-order valence-electron chi connectivity index (χ4n) is 4.91. The molecule has 0 spiro atoms. The van der Waals surface area contributed by atoms with Crippen molar-refractivity contribution in [2.24, 2.45) is 0 Å². The van der Waals surface area contributed by atoms with Gasteiger partial charge in [0, 0.05) is 18.5 Å². The van der Waals surface area contributed by atoms with E-state index in [4.69, 9.17) is 14.6 Å². The average molecular weight is 481 g/mol. The lowest BCUT2D eigenvalue weighted by atomic mass is 9.98. The Balaban J connectivity index is 1.46. The smallest absolute Gasteiger partial charge is 0.408 e. The molecule has 2 unspecified atom stereocenters. The first-order valence-electron chi connectivity index (χ1n) is 11.7. The zero-order chi connectivity index (χ0) is 24.9. The van der Waals surface area contributed by atoms with Crippen LogP contribution in [0.3, 0.4) is 0 Å². The second-order valence-electron chi connectivity index (χ2n) is 8.58. The predicted octanol–water partition coefficient (Wildman–Crippen LogP) is 2.92. The Labute approximate surface area is 203 Å². The maximum atomic E-state index is 13.1. The third kappa shape index (κ3) is 5.13. The Bertz CT molecular complexity index is 1090. The van der Waals surface area contributed by atoms with E-state index in [2.05, 4.69) is 5.32 Å².